The molecule has 1 heterocycles. The summed E-state index contributed by atoms with van der Waals surface area (Å²) in [7, 11) is 0. The van der Waals surface area contributed by atoms with Gasteiger partial charge < -0.3 is 9.84 Å². The summed E-state index contributed by atoms with van der Waals surface area (Å²) in [6.07, 6.45) is 4.32. The summed E-state index contributed by atoms with van der Waals surface area (Å²) in [5.74, 6) is 0.111. The van der Waals surface area contributed by atoms with E-state index in [4.69, 9.17) is 4.74 Å². The van der Waals surface area contributed by atoms with Gasteiger partial charge in [0.1, 0.15) is 12.5 Å². The number of hydrogen-bond acceptors (Lipinski definition) is 5. The average Bonchev–Trinajstić information content (AvgIpc) is 2.48. The van der Waals surface area contributed by atoms with Gasteiger partial charge in [0, 0.05) is 18.7 Å². The minimum Gasteiger partial charge on any atom is -0.507 e. The topological polar surface area (TPSA) is 74.2 Å². The molecule has 0 radical (unpaired) electrons. The Morgan fingerprint density at radius 1 is 1.35 bits per heavy atom. The molecule has 0 aromatic heterocycles. The van der Waals surface area contributed by atoms with Crippen LogP contribution in [0.5, 0.6) is 5.75 Å². The molecule has 1 aliphatic heterocycles. The molecule has 0 spiro atoms. The quantitative estimate of drug-likeness (QED) is 0.651. The number of hydrazone groups is 1. The molecule has 2 N–H and O–H groups in total. The van der Waals surface area contributed by atoms with Crippen LogP contribution in [0, 0.1) is 0 Å². The fourth-order valence-electron chi connectivity index (χ4n) is 2.02. The highest BCUT2D eigenvalue weighted by Gasteiger charge is 2.11. The van der Waals surface area contributed by atoms with Crippen LogP contribution < -0.4 is 5.43 Å². The number of para-hydroxylation sites is 1. The molecule has 1 fully saturated rings. The summed E-state index contributed by atoms with van der Waals surface area (Å²) < 4.78 is 5.05. The van der Waals surface area contributed by atoms with Gasteiger partial charge in [-0.25, -0.2) is 10.2 Å². The van der Waals surface area contributed by atoms with E-state index < -0.39 is 6.09 Å². The van der Waals surface area contributed by atoms with Crippen LogP contribution in [0.4, 0.5) is 4.79 Å². The lowest BCUT2D eigenvalue weighted by Crippen LogP contribution is -2.34. The number of rotatable bonds is 4. The Hall–Kier alpha value is -2.08. The zero-order chi connectivity index (χ0) is 14.2. The smallest absolute Gasteiger partial charge is 0.429 e. The Kier molecular flexibility index (Phi) is 5.37. The highest BCUT2D eigenvalue weighted by atomic mass is 16.6. The third-order valence-corrected chi connectivity index (χ3v) is 3.12. The molecule has 6 nitrogen and oxygen atoms in total. The van der Waals surface area contributed by atoms with Crippen LogP contribution in [0.1, 0.15) is 24.8 Å². The summed E-state index contributed by atoms with van der Waals surface area (Å²) >= 11 is 0. The average molecular weight is 277 g/mol. The first-order valence-corrected chi connectivity index (χ1v) is 6.72. The minimum atomic E-state index is -0.595. The fraction of sp³-hybridized carbons (Fsp3) is 0.429. The van der Waals surface area contributed by atoms with E-state index in [9.17, 15) is 9.90 Å². The number of ether oxygens (including phenoxy) is 1. The zero-order valence-electron chi connectivity index (χ0n) is 11.3. The Morgan fingerprint density at radius 2 is 2.10 bits per heavy atom. The molecule has 20 heavy (non-hydrogen) atoms. The van der Waals surface area contributed by atoms with Crippen molar-refractivity contribution in [3.63, 3.8) is 0 Å². The number of benzene rings is 1. The van der Waals surface area contributed by atoms with Crippen LogP contribution >= 0.6 is 0 Å². The number of piperidine rings is 1. The molecule has 1 aromatic carbocycles. The van der Waals surface area contributed by atoms with Gasteiger partial charge in [-0.2, -0.15) is 5.10 Å². The Morgan fingerprint density at radius 3 is 2.85 bits per heavy atom. The van der Waals surface area contributed by atoms with Crippen LogP contribution in [-0.2, 0) is 4.74 Å². The molecule has 1 saturated heterocycles. The Bertz CT molecular complexity index is 470. The van der Waals surface area contributed by atoms with Gasteiger partial charge in [-0.1, -0.05) is 18.6 Å². The third-order valence-electron chi connectivity index (χ3n) is 3.12. The fourth-order valence-corrected chi connectivity index (χ4v) is 2.02. The molecule has 0 aliphatic carbocycles. The largest absolute Gasteiger partial charge is 0.507 e. The summed E-state index contributed by atoms with van der Waals surface area (Å²) in [5.41, 5.74) is 2.80. The van der Waals surface area contributed by atoms with Gasteiger partial charge in [0.2, 0.25) is 0 Å². The van der Waals surface area contributed by atoms with E-state index in [1.165, 1.54) is 12.6 Å². The maximum Gasteiger partial charge on any atom is 0.429 e. The number of carbonyl (C=O) groups is 1. The van der Waals surface area contributed by atoms with Crippen LogP contribution in [0.2, 0.25) is 0 Å². The number of aromatic hydroxyl groups is 1. The normalized spacial score (nSPS) is 16.2. The SMILES string of the molecule is O=C(NN=Cc1ccccc1O)OCN1CCCCC1. The number of amides is 1. The molecule has 0 saturated carbocycles. The highest BCUT2D eigenvalue weighted by molar-refractivity contribution is 5.84. The molecule has 1 amide bonds. The van der Waals surface area contributed by atoms with Crippen molar-refractivity contribution in [3.8, 4) is 5.75 Å². The van der Waals surface area contributed by atoms with E-state index in [2.05, 4.69) is 15.4 Å². The second-order valence-electron chi connectivity index (χ2n) is 4.67. The minimum absolute atomic E-state index is 0.111. The summed E-state index contributed by atoms with van der Waals surface area (Å²) in [5, 5.41) is 13.2. The van der Waals surface area contributed by atoms with E-state index in [1.54, 1.807) is 24.3 Å². The predicted octanol–water partition coefficient (Wildman–Crippen LogP) is 1.90. The van der Waals surface area contributed by atoms with Crippen molar-refractivity contribution in [2.24, 2.45) is 5.10 Å². The van der Waals surface area contributed by atoms with Crippen molar-refractivity contribution in [2.75, 3.05) is 19.8 Å². The molecular formula is C14H19N3O3. The van der Waals surface area contributed by atoms with Gasteiger partial charge in [0.15, 0.2) is 0 Å². The first-order valence-electron chi connectivity index (χ1n) is 6.72. The van der Waals surface area contributed by atoms with Crippen molar-refractivity contribution in [3.05, 3.63) is 29.8 Å². The van der Waals surface area contributed by atoms with Crippen LogP contribution in [0.25, 0.3) is 0 Å². The molecule has 108 valence electrons. The third kappa shape index (κ3) is 4.55. The first kappa shape index (κ1) is 14.3. The number of phenols is 1. The van der Waals surface area contributed by atoms with Crippen molar-refractivity contribution in [1.29, 1.82) is 0 Å². The molecule has 0 unspecified atom stereocenters. The molecule has 1 aromatic rings. The lowest BCUT2D eigenvalue weighted by atomic mass is 10.1. The van der Waals surface area contributed by atoms with Gasteiger partial charge in [-0.3, -0.25) is 4.90 Å². The maximum atomic E-state index is 11.4. The number of nitrogens with zero attached hydrogens (tertiary/aromatic N) is 2. The van der Waals surface area contributed by atoms with Crippen molar-refractivity contribution >= 4 is 12.3 Å². The Labute approximate surface area is 118 Å². The van der Waals surface area contributed by atoms with Gasteiger partial charge in [0.25, 0.3) is 0 Å². The van der Waals surface area contributed by atoms with Crippen molar-refractivity contribution in [1.82, 2.24) is 10.3 Å². The maximum absolute atomic E-state index is 11.4. The summed E-state index contributed by atoms with van der Waals surface area (Å²) in [4.78, 5) is 13.5. The standard InChI is InChI=1S/C14H19N3O3/c18-13-7-3-2-6-12(13)10-15-16-14(19)20-11-17-8-4-1-5-9-17/h2-3,6-7,10,18H,1,4-5,8-9,11H2,(H,16,19). The Balaban J connectivity index is 1.70. The molecule has 0 atom stereocenters. The van der Waals surface area contributed by atoms with E-state index in [0.29, 0.717) is 5.56 Å². The second-order valence-corrected chi connectivity index (χ2v) is 4.67. The molecule has 0 bridgehead atoms. The van der Waals surface area contributed by atoms with Crippen LogP contribution in [0.3, 0.4) is 0 Å². The first-order chi connectivity index (χ1) is 9.75. The molecular weight excluding hydrogens is 258 g/mol. The van der Waals surface area contributed by atoms with Crippen molar-refractivity contribution in [2.45, 2.75) is 19.3 Å². The molecule has 2 rings (SSSR count). The summed E-state index contributed by atoms with van der Waals surface area (Å²) in [6, 6.07) is 6.73. The second kappa shape index (κ2) is 7.49. The van der Waals surface area contributed by atoms with Gasteiger partial charge >= 0.3 is 6.09 Å². The van der Waals surface area contributed by atoms with Gasteiger partial charge in [0.05, 0.1) is 6.21 Å². The van der Waals surface area contributed by atoms with Crippen LogP contribution in [-0.4, -0.2) is 42.1 Å². The van der Waals surface area contributed by atoms with E-state index in [1.807, 2.05) is 0 Å². The van der Waals surface area contributed by atoms with Crippen LogP contribution in [0.15, 0.2) is 29.4 Å². The molecule has 1 aliphatic rings. The number of hydrogen-bond donors (Lipinski definition) is 2. The number of nitrogens with one attached hydrogen (secondary N) is 1. The zero-order valence-corrected chi connectivity index (χ0v) is 11.3. The van der Waals surface area contributed by atoms with E-state index in [0.717, 1.165) is 25.9 Å². The number of phenolic OH excluding ortho intramolecular Hbond substituents is 1. The molecule has 6 heteroatoms. The number of carbonyl (C=O) groups excluding carboxylic acids is 1. The van der Waals surface area contributed by atoms with E-state index >= 15 is 0 Å². The summed E-state index contributed by atoms with van der Waals surface area (Å²) in [6.45, 7) is 2.22. The lowest BCUT2D eigenvalue weighted by Gasteiger charge is -2.25. The highest BCUT2D eigenvalue weighted by Crippen LogP contribution is 2.12. The van der Waals surface area contributed by atoms with Crippen molar-refractivity contribution < 1.29 is 14.6 Å². The predicted molar refractivity (Wildman–Crippen MR) is 75.6 cm³/mol. The van der Waals surface area contributed by atoms with E-state index in [-0.39, 0.29) is 12.5 Å². The van der Waals surface area contributed by atoms with Gasteiger partial charge in [-0.05, 0) is 25.0 Å². The monoisotopic (exact) mass is 277 g/mol. The van der Waals surface area contributed by atoms with Gasteiger partial charge in [-0.15, -0.1) is 0 Å². The lowest BCUT2D eigenvalue weighted by molar-refractivity contribution is 0.0582. The number of likely N-dealkylation sites (tertiary alicyclic amines) is 1.